The van der Waals surface area contributed by atoms with Crippen LogP contribution in [0.5, 0.6) is 0 Å². The maximum Gasteiger partial charge on any atom is 0.247 e. The van der Waals surface area contributed by atoms with Gasteiger partial charge in [0.25, 0.3) is 0 Å². The van der Waals surface area contributed by atoms with E-state index in [4.69, 9.17) is 11.6 Å². The van der Waals surface area contributed by atoms with Crippen molar-refractivity contribution in [1.82, 2.24) is 5.32 Å². The van der Waals surface area contributed by atoms with Crippen molar-refractivity contribution in [2.24, 2.45) is 0 Å². The van der Waals surface area contributed by atoms with Crippen LogP contribution in [0.3, 0.4) is 0 Å². The normalized spacial score (nSPS) is 11.8. The average molecular weight is 366 g/mol. The van der Waals surface area contributed by atoms with Crippen molar-refractivity contribution in [1.29, 1.82) is 0 Å². The molecule has 0 aliphatic carbocycles. The zero-order valence-electron chi connectivity index (χ0n) is 10.5. The lowest BCUT2D eigenvalue weighted by Gasteiger charge is -2.16. The minimum absolute atomic E-state index is 0.211. The molecule has 0 aliphatic rings. The van der Waals surface area contributed by atoms with Gasteiger partial charge in [-0.05, 0) is 40.5 Å². The first-order chi connectivity index (χ1) is 8.85. The van der Waals surface area contributed by atoms with E-state index in [-0.39, 0.29) is 17.6 Å². The number of nitrogens with one attached hydrogen (secondary N) is 2. The van der Waals surface area contributed by atoms with E-state index in [0.717, 1.165) is 10.0 Å². The van der Waals surface area contributed by atoms with E-state index < -0.39 is 6.04 Å². The van der Waals surface area contributed by atoms with Gasteiger partial charge in [0.1, 0.15) is 6.04 Å². The topological polar surface area (TPSA) is 58.2 Å². The highest BCUT2D eigenvalue weighted by Gasteiger charge is 2.18. The number of hydrogen-bond acceptors (Lipinski definition) is 3. The van der Waals surface area contributed by atoms with Crippen molar-refractivity contribution in [2.45, 2.75) is 19.9 Å². The molecule has 19 heavy (non-hydrogen) atoms. The standard InChI is InChI=1S/C12H14BrClN2O2S/c1-6-3-8(13)10(4-9(6)14)16-12(18)11(5-19)15-7(2)17/h3-4,11,19H,5H2,1-2H3,(H,15,17)(H,16,18). The summed E-state index contributed by atoms with van der Waals surface area (Å²) in [6.07, 6.45) is 0. The molecule has 2 N–H and O–H groups in total. The number of carbonyl (C=O) groups excluding carboxylic acids is 2. The van der Waals surface area contributed by atoms with E-state index in [1.807, 2.05) is 13.0 Å². The number of amides is 2. The Morgan fingerprint density at radius 3 is 2.63 bits per heavy atom. The Balaban J connectivity index is 2.86. The van der Waals surface area contributed by atoms with Crippen LogP contribution in [0.15, 0.2) is 16.6 Å². The molecule has 4 nitrogen and oxygen atoms in total. The van der Waals surface area contributed by atoms with Crippen LogP contribution in [-0.2, 0) is 9.59 Å². The number of anilines is 1. The van der Waals surface area contributed by atoms with E-state index in [1.165, 1.54) is 6.92 Å². The summed E-state index contributed by atoms with van der Waals surface area (Å²) in [5.41, 5.74) is 1.46. The van der Waals surface area contributed by atoms with Gasteiger partial charge in [-0.25, -0.2) is 0 Å². The first-order valence-electron chi connectivity index (χ1n) is 5.49. The second kappa shape index (κ2) is 7.17. The second-order valence-corrected chi connectivity index (χ2v) is 5.63. The zero-order chi connectivity index (χ0) is 14.6. The van der Waals surface area contributed by atoms with Gasteiger partial charge in [0.05, 0.1) is 5.69 Å². The van der Waals surface area contributed by atoms with Crippen LogP contribution >= 0.6 is 40.2 Å². The Morgan fingerprint density at radius 2 is 2.11 bits per heavy atom. The molecule has 1 atom stereocenters. The highest BCUT2D eigenvalue weighted by molar-refractivity contribution is 9.10. The highest BCUT2D eigenvalue weighted by Crippen LogP contribution is 2.29. The molecule has 0 saturated heterocycles. The minimum Gasteiger partial charge on any atom is -0.344 e. The molecule has 1 unspecified atom stereocenters. The summed E-state index contributed by atoms with van der Waals surface area (Å²) >= 11 is 13.4. The Hall–Kier alpha value is -0.720. The molecule has 1 aromatic rings. The number of halogens is 2. The molecule has 0 bridgehead atoms. The fraction of sp³-hybridized carbons (Fsp3) is 0.333. The van der Waals surface area contributed by atoms with Gasteiger partial charge in [-0.1, -0.05) is 11.6 Å². The number of aryl methyl sites for hydroxylation is 1. The fourth-order valence-electron chi connectivity index (χ4n) is 1.40. The maximum atomic E-state index is 12.0. The van der Waals surface area contributed by atoms with E-state index >= 15 is 0 Å². The first-order valence-corrected chi connectivity index (χ1v) is 7.30. The number of thiol groups is 1. The summed E-state index contributed by atoms with van der Waals surface area (Å²) < 4.78 is 0.725. The van der Waals surface area contributed by atoms with Gasteiger partial charge in [0.2, 0.25) is 11.8 Å². The molecule has 0 spiro atoms. The molecule has 0 aromatic heterocycles. The molecule has 2 amide bonds. The van der Waals surface area contributed by atoms with Gasteiger partial charge in [0.15, 0.2) is 0 Å². The van der Waals surface area contributed by atoms with Crippen molar-refractivity contribution in [3.63, 3.8) is 0 Å². The molecular weight excluding hydrogens is 352 g/mol. The molecule has 1 aromatic carbocycles. The lowest BCUT2D eigenvalue weighted by Crippen LogP contribution is -2.44. The Morgan fingerprint density at radius 1 is 1.47 bits per heavy atom. The molecule has 0 heterocycles. The van der Waals surface area contributed by atoms with Gasteiger partial charge in [-0.2, -0.15) is 12.6 Å². The third kappa shape index (κ3) is 4.71. The summed E-state index contributed by atoms with van der Waals surface area (Å²) in [6.45, 7) is 3.22. The van der Waals surface area contributed by atoms with Gasteiger partial charge in [-0.15, -0.1) is 0 Å². The molecule has 0 fully saturated rings. The van der Waals surface area contributed by atoms with Crippen LogP contribution < -0.4 is 10.6 Å². The van der Waals surface area contributed by atoms with Gasteiger partial charge in [0, 0.05) is 22.2 Å². The Kier molecular flexibility index (Phi) is 6.16. The maximum absolute atomic E-state index is 12.0. The Bertz CT molecular complexity index is 511. The zero-order valence-corrected chi connectivity index (χ0v) is 13.7. The lowest BCUT2D eigenvalue weighted by atomic mass is 10.2. The molecule has 104 valence electrons. The SMILES string of the molecule is CC(=O)NC(CS)C(=O)Nc1cc(Cl)c(C)cc1Br. The van der Waals surface area contributed by atoms with Crippen molar-refractivity contribution < 1.29 is 9.59 Å². The second-order valence-electron chi connectivity index (χ2n) is 4.01. The predicted octanol–water partition coefficient (Wildman–Crippen LogP) is 2.78. The van der Waals surface area contributed by atoms with Gasteiger partial charge >= 0.3 is 0 Å². The van der Waals surface area contributed by atoms with Crippen LogP contribution in [0.1, 0.15) is 12.5 Å². The number of hydrogen-bond donors (Lipinski definition) is 3. The van der Waals surface area contributed by atoms with Crippen LogP contribution in [0.4, 0.5) is 5.69 Å². The van der Waals surface area contributed by atoms with Crippen molar-refractivity contribution in [2.75, 3.05) is 11.1 Å². The fourth-order valence-corrected chi connectivity index (χ4v) is 2.38. The first kappa shape index (κ1) is 16.3. The molecule has 7 heteroatoms. The van der Waals surface area contributed by atoms with Gasteiger partial charge < -0.3 is 10.6 Å². The number of benzene rings is 1. The monoisotopic (exact) mass is 364 g/mol. The van der Waals surface area contributed by atoms with E-state index in [1.54, 1.807) is 6.07 Å². The molecule has 0 saturated carbocycles. The molecule has 1 rings (SSSR count). The smallest absolute Gasteiger partial charge is 0.247 e. The minimum atomic E-state index is -0.687. The van der Waals surface area contributed by atoms with Crippen LogP contribution in [0.25, 0.3) is 0 Å². The van der Waals surface area contributed by atoms with Crippen LogP contribution in [0, 0.1) is 6.92 Å². The Labute approximate surface area is 130 Å². The third-order valence-electron chi connectivity index (χ3n) is 2.38. The van der Waals surface area contributed by atoms with Crippen molar-refractivity contribution in [3.8, 4) is 0 Å². The molecule has 0 aliphatic heterocycles. The predicted molar refractivity (Wildman–Crippen MR) is 84.0 cm³/mol. The molecule has 0 radical (unpaired) electrons. The van der Waals surface area contributed by atoms with Crippen LogP contribution in [-0.4, -0.2) is 23.6 Å². The van der Waals surface area contributed by atoms with Crippen LogP contribution in [0.2, 0.25) is 5.02 Å². The highest BCUT2D eigenvalue weighted by atomic mass is 79.9. The third-order valence-corrected chi connectivity index (χ3v) is 3.81. The van der Waals surface area contributed by atoms with E-state index in [0.29, 0.717) is 10.7 Å². The largest absolute Gasteiger partial charge is 0.344 e. The molecular formula is C12H14BrClN2O2S. The van der Waals surface area contributed by atoms with Gasteiger partial charge in [-0.3, -0.25) is 9.59 Å². The van der Waals surface area contributed by atoms with Crippen molar-refractivity contribution in [3.05, 3.63) is 27.2 Å². The summed E-state index contributed by atoms with van der Waals surface area (Å²) in [5, 5.41) is 5.78. The lowest BCUT2D eigenvalue weighted by molar-refractivity contribution is -0.124. The van der Waals surface area contributed by atoms with E-state index in [9.17, 15) is 9.59 Å². The summed E-state index contributed by atoms with van der Waals surface area (Å²) in [6, 6.07) is 2.78. The quantitative estimate of drug-likeness (QED) is 0.719. The summed E-state index contributed by atoms with van der Waals surface area (Å²) in [4.78, 5) is 23.0. The summed E-state index contributed by atoms with van der Waals surface area (Å²) in [5.74, 6) is -0.413. The number of rotatable bonds is 4. The van der Waals surface area contributed by atoms with Crippen molar-refractivity contribution >= 4 is 57.7 Å². The average Bonchev–Trinajstić information content (AvgIpc) is 2.32. The number of carbonyl (C=O) groups is 2. The van der Waals surface area contributed by atoms with E-state index in [2.05, 4.69) is 39.2 Å². The summed E-state index contributed by atoms with van der Waals surface area (Å²) in [7, 11) is 0.